The summed E-state index contributed by atoms with van der Waals surface area (Å²) < 4.78 is 16.2. The summed E-state index contributed by atoms with van der Waals surface area (Å²) in [5.41, 5.74) is 1.02. The summed E-state index contributed by atoms with van der Waals surface area (Å²) in [6.45, 7) is 9.61. The molecule has 0 fully saturated rings. The molecule has 0 saturated heterocycles. The number of benzene rings is 1. The predicted octanol–water partition coefficient (Wildman–Crippen LogP) is 5.16. The van der Waals surface area contributed by atoms with Crippen LogP contribution in [0.3, 0.4) is 0 Å². The Kier molecular flexibility index (Phi) is 7.09. The van der Waals surface area contributed by atoms with Gasteiger partial charge in [-0.2, -0.15) is 0 Å². The average molecular weight is 379 g/mol. The third-order valence-corrected chi connectivity index (χ3v) is 5.37. The number of nitrogens with one attached hydrogen (secondary N) is 1. The van der Waals surface area contributed by atoms with Crippen LogP contribution >= 0.6 is 27.5 Å². The maximum Gasteiger partial charge on any atom is 0.136 e. The Morgan fingerprint density at radius 2 is 2.15 bits per heavy atom. The van der Waals surface area contributed by atoms with E-state index in [2.05, 4.69) is 27.2 Å². The predicted molar refractivity (Wildman–Crippen MR) is 92.4 cm³/mol. The number of rotatable bonds is 6. The molecule has 1 unspecified atom stereocenters. The van der Waals surface area contributed by atoms with Crippen LogP contribution in [0.4, 0.5) is 0 Å². The van der Waals surface area contributed by atoms with Crippen molar-refractivity contribution in [2.24, 2.45) is 0 Å². The molecule has 0 saturated carbocycles. The van der Waals surface area contributed by atoms with Gasteiger partial charge in [0.2, 0.25) is 0 Å². The SMILES string of the molecule is C=CCC[C@H](N[S+]([O-])C(C)(C)C)c1cc(Cl)ccc1Br. The molecule has 1 rings (SSSR count). The van der Waals surface area contributed by atoms with Crippen molar-refractivity contribution in [2.75, 3.05) is 0 Å². The number of hydrogen-bond acceptors (Lipinski definition) is 2. The zero-order valence-corrected chi connectivity index (χ0v) is 15.2. The molecule has 0 heterocycles. The van der Waals surface area contributed by atoms with E-state index >= 15 is 0 Å². The van der Waals surface area contributed by atoms with Crippen molar-refractivity contribution in [1.82, 2.24) is 4.72 Å². The molecular formula is C15H21BrClNOS. The van der Waals surface area contributed by atoms with Crippen molar-refractivity contribution in [3.8, 4) is 0 Å². The molecule has 0 bridgehead atoms. The van der Waals surface area contributed by atoms with Crippen LogP contribution in [0.15, 0.2) is 35.3 Å². The van der Waals surface area contributed by atoms with Crippen molar-refractivity contribution in [3.05, 3.63) is 45.9 Å². The third-order valence-electron chi connectivity index (χ3n) is 2.80. The summed E-state index contributed by atoms with van der Waals surface area (Å²) in [7, 11) is 0. The van der Waals surface area contributed by atoms with Gasteiger partial charge in [-0.3, -0.25) is 0 Å². The van der Waals surface area contributed by atoms with E-state index in [1.54, 1.807) is 0 Å². The summed E-state index contributed by atoms with van der Waals surface area (Å²) >= 11 is 8.48. The van der Waals surface area contributed by atoms with Crippen LogP contribution < -0.4 is 4.72 Å². The minimum atomic E-state index is -1.13. The Balaban J connectivity index is 2.99. The lowest BCUT2D eigenvalue weighted by molar-refractivity contribution is 0.512. The van der Waals surface area contributed by atoms with Gasteiger partial charge in [0, 0.05) is 20.9 Å². The van der Waals surface area contributed by atoms with E-state index in [9.17, 15) is 4.55 Å². The van der Waals surface area contributed by atoms with E-state index < -0.39 is 11.4 Å². The molecule has 1 N–H and O–H groups in total. The van der Waals surface area contributed by atoms with Crippen LogP contribution in [0.2, 0.25) is 5.02 Å². The van der Waals surface area contributed by atoms with Gasteiger partial charge < -0.3 is 4.55 Å². The van der Waals surface area contributed by atoms with E-state index in [0.717, 1.165) is 22.9 Å². The van der Waals surface area contributed by atoms with Gasteiger partial charge in [-0.05, 0) is 57.4 Å². The van der Waals surface area contributed by atoms with Crippen molar-refractivity contribution >= 4 is 38.9 Å². The highest BCUT2D eigenvalue weighted by molar-refractivity contribution is 9.10. The van der Waals surface area contributed by atoms with Gasteiger partial charge in [-0.25, -0.2) is 0 Å². The summed E-state index contributed by atoms with van der Waals surface area (Å²) in [5.74, 6) is 0. The van der Waals surface area contributed by atoms with E-state index in [1.807, 2.05) is 45.0 Å². The molecule has 112 valence electrons. The molecule has 5 heteroatoms. The normalized spacial score (nSPS) is 14.9. The van der Waals surface area contributed by atoms with Crippen LogP contribution in [0.5, 0.6) is 0 Å². The fourth-order valence-electron chi connectivity index (χ4n) is 1.65. The largest absolute Gasteiger partial charge is 0.598 e. The number of hydrogen-bond donors (Lipinski definition) is 1. The summed E-state index contributed by atoms with van der Waals surface area (Å²) in [5, 5.41) is 0.676. The molecule has 0 aliphatic heterocycles. The Hall–Kier alpha value is -0.0000000000000000555. The Morgan fingerprint density at radius 3 is 2.70 bits per heavy atom. The first-order valence-electron chi connectivity index (χ1n) is 6.49. The zero-order chi connectivity index (χ0) is 15.3. The topological polar surface area (TPSA) is 35.1 Å². The van der Waals surface area contributed by atoms with E-state index in [4.69, 9.17) is 11.6 Å². The molecule has 1 aromatic rings. The molecule has 0 spiro atoms. The first-order valence-corrected chi connectivity index (χ1v) is 8.81. The molecule has 2 nitrogen and oxygen atoms in total. The highest BCUT2D eigenvalue weighted by atomic mass is 79.9. The summed E-state index contributed by atoms with van der Waals surface area (Å²) in [6.07, 6.45) is 3.54. The van der Waals surface area contributed by atoms with E-state index in [1.165, 1.54) is 0 Å². The maximum atomic E-state index is 12.3. The first kappa shape index (κ1) is 18.1. The van der Waals surface area contributed by atoms with Gasteiger partial charge in [0.05, 0.1) is 6.04 Å². The van der Waals surface area contributed by atoms with Gasteiger partial charge in [-0.15, -0.1) is 11.3 Å². The van der Waals surface area contributed by atoms with Crippen molar-refractivity contribution in [1.29, 1.82) is 0 Å². The second kappa shape index (κ2) is 7.85. The van der Waals surface area contributed by atoms with Crippen LogP contribution in [0.25, 0.3) is 0 Å². The van der Waals surface area contributed by atoms with Gasteiger partial charge in [-0.1, -0.05) is 33.6 Å². The average Bonchev–Trinajstić information content (AvgIpc) is 2.36. The molecule has 0 aromatic heterocycles. The van der Waals surface area contributed by atoms with E-state index in [-0.39, 0.29) is 10.8 Å². The van der Waals surface area contributed by atoms with Gasteiger partial charge in [0.1, 0.15) is 4.75 Å². The van der Waals surface area contributed by atoms with Gasteiger partial charge >= 0.3 is 0 Å². The first-order chi connectivity index (χ1) is 9.25. The Labute approximate surface area is 138 Å². The molecule has 0 aliphatic rings. The van der Waals surface area contributed by atoms with E-state index in [0.29, 0.717) is 5.02 Å². The second-order valence-electron chi connectivity index (χ2n) is 5.58. The van der Waals surface area contributed by atoms with Crippen LogP contribution in [0.1, 0.15) is 45.2 Å². The molecule has 2 atom stereocenters. The second-order valence-corrected chi connectivity index (χ2v) is 8.87. The summed E-state index contributed by atoms with van der Waals surface area (Å²) in [6, 6.07) is 5.63. The standard InChI is InChI=1S/C15H21BrClNOS/c1-5-6-7-14(18-20(19)15(2,3)4)12-10-11(17)8-9-13(12)16/h5,8-10,14,18H,1,6-7H2,2-4H3/t14-,20?/m0/s1. The minimum Gasteiger partial charge on any atom is -0.598 e. The molecular weight excluding hydrogens is 358 g/mol. The van der Waals surface area contributed by atoms with Crippen LogP contribution in [-0.2, 0) is 11.4 Å². The number of halogens is 2. The lowest BCUT2D eigenvalue weighted by Crippen LogP contribution is -2.41. The van der Waals surface area contributed by atoms with Crippen molar-refractivity contribution < 1.29 is 4.55 Å². The fourth-order valence-corrected chi connectivity index (χ4v) is 3.21. The zero-order valence-electron chi connectivity index (χ0n) is 12.1. The van der Waals surface area contributed by atoms with Gasteiger partial charge in [0.15, 0.2) is 0 Å². The molecule has 0 amide bonds. The maximum absolute atomic E-state index is 12.3. The van der Waals surface area contributed by atoms with Crippen LogP contribution in [0, 0.1) is 0 Å². The molecule has 0 radical (unpaired) electrons. The van der Waals surface area contributed by atoms with Gasteiger partial charge in [0.25, 0.3) is 0 Å². The quantitative estimate of drug-likeness (QED) is 0.548. The monoisotopic (exact) mass is 377 g/mol. The summed E-state index contributed by atoms with van der Waals surface area (Å²) in [4.78, 5) is 0. The minimum absolute atomic E-state index is 0.0267. The lowest BCUT2D eigenvalue weighted by atomic mass is 10.0. The van der Waals surface area contributed by atoms with Crippen molar-refractivity contribution in [3.63, 3.8) is 0 Å². The lowest BCUT2D eigenvalue weighted by Gasteiger charge is -2.28. The smallest absolute Gasteiger partial charge is 0.136 e. The third kappa shape index (κ3) is 5.41. The highest BCUT2D eigenvalue weighted by Crippen LogP contribution is 2.31. The highest BCUT2D eigenvalue weighted by Gasteiger charge is 2.30. The fraction of sp³-hybridized carbons (Fsp3) is 0.467. The Bertz CT molecular complexity index is 462. The Morgan fingerprint density at radius 1 is 1.50 bits per heavy atom. The van der Waals surface area contributed by atoms with Crippen molar-refractivity contribution in [2.45, 2.75) is 44.4 Å². The molecule has 20 heavy (non-hydrogen) atoms. The number of allylic oxidation sites excluding steroid dienone is 1. The molecule has 0 aliphatic carbocycles. The molecule has 1 aromatic carbocycles. The van der Waals surface area contributed by atoms with Crippen LogP contribution in [-0.4, -0.2) is 9.30 Å².